The molecule has 3 aliphatic heterocycles. The van der Waals surface area contributed by atoms with Crippen LogP contribution in [0.1, 0.15) is 43.6 Å². The Balaban J connectivity index is 1.53. The number of hydrogen-bond acceptors (Lipinski definition) is 6. The number of para-hydroxylation sites is 1. The van der Waals surface area contributed by atoms with E-state index in [0.717, 1.165) is 11.1 Å². The number of Topliss-reactive ketones (excluding diaryl/α,β-unsaturated/α-hetero) is 2. The monoisotopic (exact) mass is 516 g/mol. The molecule has 39 heavy (non-hydrogen) atoms. The Morgan fingerprint density at radius 2 is 1.77 bits per heavy atom. The third-order valence-corrected chi connectivity index (χ3v) is 8.24. The molecule has 3 aromatic carbocycles. The van der Waals surface area contributed by atoms with Crippen molar-refractivity contribution in [1.82, 2.24) is 4.90 Å². The molecule has 1 N–H and O–H groups in total. The van der Waals surface area contributed by atoms with Crippen molar-refractivity contribution in [2.24, 2.45) is 5.92 Å². The number of furan rings is 1. The van der Waals surface area contributed by atoms with Crippen molar-refractivity contribution in [1.29, 1.82) is 0 Å². The molecule has 192 valence electrons. The first-order valence-corrected chi connectivity index (χ1v) is 12.8. The van der Waals surface area contributed by atoms with Gasteiger partial charge in [0.1, 0.15) is 17.2 Å². The van der Waals surface area contributed by atoms with Crippen molar-refractivity contribution in [2.45, 2.75) is 17.5 Å². The normalized spacial score (nSPS) is 24.2. The summed E-state index contributed by atoms with van der Waals surface area (Å²) in [6.07, 6.45) is 5.21. The zero-order chi connectivity index (χ0) is 26.7. The van der Waals surface area contributed by atoms with E-state index in [0.29, 0.717) is 22.6 Å². The number of ketones is 2. The molecule has 1 fully saturated rings. The molecule has 0 bridgehead atoms. The molecule has 1 amide bonds. The molecule has 0 saturated carbocycles. The number of benzene rings is 3. The quantitative estimate of drug-likeness (QED) is 0.364. The highest BCUT2D eigenvalue weighted by molar-refractivity contribution is 6.16. The molecular formula is C32H24N2O5. The van der Waals surface area contributed by atoms with Crippen LogP contribution in [0.2, 0.25) is 0 Å². The number of hydrogen-bond donors (Lipinski definition) is 1. The maximum Gasteiger partial charge on any atom is 0.238 e. The number of ether oxygens (including phenoxy) is 1. The molecule has 7 heteroatoms. The van der Waals surface area contributed by atoms with Crippen molar-refractivity contribution < 1.29 is 23.5 Å². The second-order valence-electron chi connectivity index (χ2n) is 10.0. The molecule has 1 spiro atoms. The Labute approximate surface area is 224 Å². The zero-order valence-electron chi connectivity index (χ0n) is 21.0. The second-order valence-corrected chi connectivity index (χ2v) is 10.0. The van der Waals surface area contributed by atoms with Gasteiger partial charge >= 0.3 is 0 Å². The van der Waals surface area contributed by atoms with Crippen LogP contribution in [0, 0.1) is 5.92 Å². The summed E-state index contributed by atoms with van der Waals surface area (Å²) >= 11 is 0. The first-order chi connectivity index (χ1) is 19.1. The van der Waals surface area contributed by atoms with Crippen molar-refractivity contribution >= 4 is 29.2 Å². The van der Waals surface area contributed by atoms with Gasteiger partial charge < -0.3 is 19.4 Å². The van der Waals surface area contributed by atoms with Crippen LogP contribution in [-0.4, -0.2) is 35.5 Å². The summed E-state index contributed by atoms with van der Waals surface area (Å²) < 4.78 is 11.0. The molecule has 1 saturated heterocycles. The number of nitrogens with zero attached hydrogens (tertiary/aromatic N) is 1. The van der Waals surface area contributed by atoms with Gasteiger partial charge in [0.2, 0.25) is 11.7 Å². The molecule has 0 aliphatic carbocycles. The molecule has 0 unspecified atom stereocenters. The summed E-state index contributed by atoms with van der Waals surface area (Å²) in [6.45, 7) is 0. The molecule has 4 heterocycles. The van der Waals surface area contributed by atoms with Gasteiger partial charge in [0.25, 0.3) is 0 Å². The summed E-state index contributed by atoms with van der Waals surface area (Å²) in [5.74, 6) is -1.42. The van der Waals surface area contributed by atoms with Crippen molar-refractivity contribution in [3.63, 3.8) is 0 Å². The Morgan fingerprint density at radius 3 is 2.59 bits per heavy atom. The molecule has 0 radical (unpaired) electrons. The summed E-state index contributed by atoms with van der Waals surface area (Å²) in [5, 5.41) is 3.04. The van der Waals surface area contributed by atoms with Gasteiger partial charge in [-0.3, -0.25) is 14.4 Å². The Morgan fingerprint density at radius 1 is 0.949 bits per heavy atom. The van der Waals surface area contributed by atoms with Crippen molar-refractivity contribution in [3.8, 4) is 5.75 Å². The summed E-state index contributed by atoms with van der Waals surface area (Å²) in [4.78, 5) is 45.2. The molecule has 7 rings (SSSR count). The average Bonchev–Trinajstić information content (AvgIpc) is 3.69. The summed E-state index contributed by atoms with van der Waals surface area (Å²) in [7, 11) is 1.54. The third kappa shape index (κ3) is 3.13. The predicted octanol–water partition coefficient (Wildman–Crippen LogP) is 5.27. The first kappa shape index (κ1) is 23.2. The van der Waals surface area contributed by atoms with Crippen LogP contribution in [0.15, 0.2) is 102 Å². The fourth-order valence-electron chi connectivity index (χ4n) is 6.69. The largest absolute Gasteiger partial charge is 0.497 e. The van der Waals surface area contributed by atoms with Crippen LogP contribution in [0.5, 0.6) is 5.75 Å². The van der Waals surface area contributed by atoms with Crippen LogP contribution in [-0.2, 0) is 10.2 Å². The second kappa shape index (κ2) is 8.56. The predicted molar refractivity (Wildman–Crippen MR) is 144 cm³/mol. The number of fused-ring (bicyclic) bond motifs is 6. The van der Waals surface area contributed by atoms with Gasteiger partial charge in [0.15, 0.2) is 11.5 Å². The highest BCUT2D eigenvalue weighted by Crippen LogP contribution is 2.62. The topological polar surface area (TPSA) is 88.9 Å². The fourth-order valence-corrected chi connectivity index (χ4v) is 6.69. The number of anilines is 1. The first-order valence-electron chi connectivity index (χ1n) is 12.8. The SMILES string of the molecule is COc1cccc(C(=O)[C@@H]2[C@@H](C(=O)c3ccco3)[C@@]3(C(=O)Nc4ccccc43)[C@H]3c4ccccc4C=CN23)c1. The maximum atomic E-state index is 14.5. The molecule has 3 aliphatic rings. The highest BCUT2D eigenvalue weighted by atomic mass is 16.5. The number of rotatable bonds is 5. The van der Waals surface area contributed by atoms with Crippen LogP contribution >= 0.6 is 0 Å². The van der Waals surface area contributed by atoms with Gasteiger partial charge in [0.05, 0.1) is 25.3 Å². The van der Waals surface area contributed by atoms with E-state index in [4.69, 9.17) is 9.15 Å². The van der Waals surface area contributed by atoms with Crippen LogP contribution in [0.4, 0.5) is 5.69 Å². The third-order valence-electron chi connectivity index (χ3n) is 8.24. The van der Waals surface area contributed by atoms with E-state index >= 15 is 0 Å². The molecule has 1 aromatic heterocycles. The van der Waals surface area contributed by atoms with E-state index in [1.165, 1.54) is 13.4 Å². The Hall–Kier alpha value is -4.91. The lowest BCUT2D eigenvalue weighted by atomic mass is 9.63. The summed E-state index contributed by atoms with van der Waals surface area (Å²) in [6, 6.07) is 23.8. The van der Waals surface area contributed by atoms with Crippen LogP contribution in [0.3, 0.4) is 0 Å². The van der Waals surface area contributed by atoms with E-state index in [2.05, 4.69) is 5.32 Å². The molecule has 7 nitrogen and oxygen atoms in total. The minimum Gasteiger partial charge on any atom is -0.497 e. The van der Waals surface area contributed by atoms with Crippen LogP contribution in [0.25, 0.3) is 6.08 Å². The van der Waals surface area contributed by atoms with Gasteiger partial charge in [0, 0.05) is 17.5 Å². The summed E-state index contributed by atoms with van der Waals surface area (Å²) in [5.41, 5.74) is 2.16. The number of nitrogens with one attached hydrogen (secondary N) is 1. The van der Waals surface area contributed by atoms with E-state index in [-0.39, 0.29) is 17.5 Å². The highest BCUT2D eigenvalue weighted by Gasteiger charge is 2.71. The van der Waals surface area contributed by atoms with Gasteiger partial charge in [-0.2, -0.15) is 0 Å². The lowest BCUT2D eigenvalue weighted by Gasteiger charge is -2.38. The van der Waals surface area contributed by atoms with E-state index < -0.39 is 29.2 Å². The van der Waals surface area contributed by atoms with E-state index in [1.54, 1.807) is 36.4 Å². The van der Waals surface area contributed by atoms with Gasteiger partial charge in [-0.05, 0) is 53.1 Å². The standard InChI is InChI=1S/C32H24N2O5/c1-38-21-10-6-9-20(18-21)28(35)27-26(29(36)25-14-7-17-39-25)32(23-12-4-5-13-24(23)33-31(32)37)30-22-11-3-2-8-19(22)15-16-34(27)30/h2-18,26-27,30H,1H3,(H,33,37)/t26-,27-,30+,32+/m0/s1. The van der Waals surface area contributed by atoms with Gasteiger partial charge in [-0.15, -0.1) is 0 Å². The minimum absolute atomic E-state index is 0.108. The van der Waals surface area contributed by atoms with E-state index in [1.807, 2.05) is 65.7 Å². The lowest BCUT2D eigenvalue weighted by molar-refractivity contribution is -0.122. The minimum atomic E-state index is -1.39. The number of carbonyl (C=O) groups excluding carboxylic acids is 3. The maximum absolute atomic E-state index is 14.5. The lowest BCUT2D eigenvalue weighted by Crippen LogP contribution is -2.49. The van der Waals surface area contributed by atoms with Crippen LogP contribution < -0.4 is 10.1 Å². The van der Waals surface area contributed by atoms with Crippen molar-refractivity contribution in [2.75, 3.05) is 12.4 Å². The number of amides is 1. The van der Waals surface area contributed by atoms with Gasteiger partial charge in [-0.25, -0.2) is 0 Å². The Kier molecular flexibility index (Phi) is 5.10. The number of methoxy groups -OCH3 is 1. The number of carbonyl (C=O) groups is 3. The average molecular weight is 517 g/mol. The Bertz CT molecular complexity index is 1670. The van der Waals surface area contributed by atoms with Gasteiger partial charge in [-0.1, -0.05) is 54.6 Å². The molecule has 4 aromatic rings. The van der Waals surface area contributed by atoms with E-state index in [9.17, 15) is 14.4 Å². The smallest absolute Gasteiger partial charge is 0.238 e. The zero-order valence-corrected chi connectivity index (χ0v) is 21.0. The molecule has 4 atom stereocenters. The molecular weight excluding hydrogens is 492 g/mol. The van der Waals surface area contributed by atoms with Crippen molar-refractivity contribution in [3.05, 3.63) is 125 Å². The fraction of sp³-hybridized carbons (Fsp3) is 0.156.